The van der Waals surface area contributed by atoms with Crippen molar-refractivity contribution in [1.82, 2.24) is 15.4 Å². The van der Waals surface area contributed by atoms with Gasteiger partial charge in [-0.1, -0.05) is 17.7 Å². The van der Waals surface area contributed by atoms with Crippen molar-refractivity contribution >= 4 is 40.1 Å². The maximum atomic E-state index is 12.6. The van der Waals surface area contributed by atoms with Gasteiger partial charge in [0.15, 0.2) is 0 Å². The van der Waals surface area contributed by atoms with Gasteiger partial charge in [-0.05, 0) is 56.9 Å². The van der Waals surface area contributed by atoms with Crippen LogP contribution in [0.3, 0.4) is 0 Å². The average molecular weight is 422 g/mol. The van der Waals surface area contributed by atoms with E-state index in [-0.39, 0.29) is 29.3 Å². The lowest BCUT2D eigenvalue weighted by atomic mass is 10.1. The molecule has 2 rings (SSSR count). The van der Waals surface area contributed by atoms with Gasteiger partial charge < -0.3 is 10.6 Å². The first-order chi connectivity index (χ1) is 11.9. The zero-order chi connectivity index (χ0) is 18.3. The predicted octanol–water partition coefficient (Wildman–Crippen LogP) is 1.69. The lowest BCUT2D eigenvalue weighted by Gasteiger charge is -2.26. The minimum Gasteiger partial charge on any atom is -0.351 e. The number of carbonyl (C=O) groups is 1. The zero-order valence-corrected chi connectivity index (χ0v) is 17.6. The summed E-state index contributed by atoms with van der Waals surface area (Å²) >= 11 is 1.59. The van der Waals surface area contributed by atoms with E-state index in [0.29, 0.717) is 12.2 Å². The Labute approximate surface area is 166 Å². The van der Waals surface area contributed by atoms with Gasteiger partial charge >= 0.3 is 0 Å². The molecule has 2 atom stereocenters. The quantitative estimate of drug-likeness (QED) is 0.594. The van der Waals surface area contributed by atoms with E-state index in [2.05, 4.69) is 15.4 Å². The van der Waals surface area contributed by atoms with Gasteiger partial charge in [0.2, 0.25) is 15.9 Å². The molecule has 1 aliphatic heterocycles. The number of halogens is 1. The first kappa shape index (κ1) is 23.2. The fraction of sp³-hybridized carbons (Fsp3) is 0.588. The summed E-state index contributed by atoms with van der Waals surface area (Å²) in [5, 5.41) is 6.22. The van der Waals surface area contributed by atoms with Crippen molar-refractivity contribution in [3.05, 3.63) is 29.8 Å². The summed E-state index contributed by atoms with van der Waals surface area (Å²) in [6, 6.07) is 5.92. The Balaban J connectivity index is 0.00000338. The van der Waals surface area contributed by atoms with Crippen LogP contribution in [0.2, 0.25) is 0 Å². The average Bonchev–Trinajstić information content (AvgIpc) is 2.59. The van der Waals surface area contributed by atoms with Gasteiger partial charge in [0.05, 0.1) is 4.90 Å². The fourth-order valence-electron chi connectivity index (χ4n) is 2.73. The smallest absolute Gasteiger partial charge is 0.241 e. The van der Waals surface area contributed by atoms with Crippen LogP contribution in [0.1, 0.15) is 24.8 Å². The molecule has 1 aromatic rings. The van der Waals surface area contributed by atoms with Crippen molar-refractivity contribution in [2.75, 3.05) is 25.1 Å². The highest BCUT2D eigenvalue weighted by Gasteiger charge is 2.27. The molecule has 1 amide bonds. The first-order valence-corrected chi connectivity index (χ1v) is 11.4. The van der Waals surface area contributed by atoms with E-state index in [0.717, 1.165) is 31.5 Å². The van der Waals surface area contributed by atoms with E-state index >= 15 is 0 Å². The molecule has 0 spiro atoms. The summed E-state index contributed by atoms with van der Waals surface area (Å²) in [6.45, 7) is 3.59. The van der Waals surface area contributed by atoms with Crippen molar-refractivity contribution < 1.29 is 13.2 Å². The van der Waals surface area contributed by atoms with Crippen molar-refractivity contribution in [1.29, 1.82) is 0 Å². The Morgan fingerprint density at radius 2 is 2.04 bits per heavy atom. The predicted molar refractivity (Wildman–Crippen MR) is 110 cm³/mol. The van der Waals surface area contributed by atoms with Crippen molar-refractivity contribution in [3.8, 4) is 0 Å². The monoisotopic (exact) mass is 421 g/mol. The van der Waals surface area contributed by atoms with Crippen molar-refractivity contribution in [3.63, 3.8) is 0 Å². The van der Waals surface area contributed by atoms with E-state index in [1.54, 1.807) is 36.0 Å². The molecule has 26 heavy (non-hydrogen) atoms. The number of amides is 1. The Morgan fingerprint density at radius 1 is 1.35 bits per heavy atom. The van der Waals surface area contributed by atoms with E-state index < -0.39 is 16.1 Å². The summed E-state index contributed by atoms with van der Waals surface area (Å²) < 4.78 is 27.8. The number of benzene rings is 1. The SMILES string of the molecule is CSCCC(NS(=O)(=O)c1ccc(C)cc1)C(=O)NC1CCCNC1.Cl. The number of sulfonamides is 1. The molecule has 3 N–H and O–H groups in total. The molecule has 6 nitrogen and oxygen atoms in total. The Morgan fingerprint density at radius 3 is 2.62 bits per heavy atom. The maximum Gasteiger partial charge on any atom is 0.241 e. The standard InChI is InChI=1S/C17H27N3O3S2.ClH/c1-13-5-7-15(8-6-13)25(22,23)20-16(9-11-24-2)17(21)19-14-4-3-10-18-12-14;/h5-8,14,16,18,20H,3-4,9-12H2,1-2H3,(H,19,21);1H. The largest absolute Gasteiger partial charge is 0.351 e. The molecule has 1 heterocycles. The molecule has 2 unspecified atom stereocenters. The molecule has 0 aromatic heterocycles. The summed E-state index contributed by atoms with van der Waals surface area (Å²) in [4.78, 5) is 12.8. The second-order valence-electron chi connectivity index (χ2n) is 6.32. The molecular weight excluding hydrogens is 394 g/mol. The van der Waals surface area contributed by atoms with Gasteiger partial charge in [-0.3, -0.25) is 4.79 Å². The molecule has 9 heteroatoms. The molecule has 1 saturated heterocycles. The fourth-order valence-corrected chi connectivity index (χ4v) is 4.43. The second kappa shape index (κ2) is 11.1. The number of thioether (sulfide) groups is 1. The van der Waals surface area contributed by atoms with Gasteiger partial charge in [-0.2, -0.15) is 16.5 Å². The number of aryl methyl sites for hydroxylation is 1. The van der Waals surface area contributed by atoms with Gasteiger partial charge in [-0.15, -0.1) is 12.4 Å². The highest BCUT2D eigenvalue weighted by atomic mass is 35.5. The highest BCUT2D eigenvalue weighted by Crippen LogP contribution is 2.13. The molecule has 0 aliphatic carbocycles. The van der Waals surface area contributed by atoms with Crippen molar-refractivity contribution in [2.45, 2.75) is 43.2 Å². The number of carbonyl (C=O) groups excluding carboxylic acids is 1. The van der Waals surface area contributed by atoms with Crippen LogP contribution in [0.25, 0.3) is 0 Å². The molecule has 0 radical (unpaired) electrons. The third-order valence-electron chi connectivity index (χ3n) is 4.20. The van der Waals surface area contributed by atoms with Crippen LogP contribution < -0.4 is 15.4 Å². The number of rotatable bonds is 8. The lowest BCUT2D eigenvalue weighted by molar-refractivity contribution is -0.123. The topological polar surface area (TPSA) is 87.3 Å². The van der Waals surface area contributed by atoms with Crippen LogP contribution in [0, 0.1) is 6.92 Å². The second-order valence-corrected chi connectivity index (χ2v) is 9.02. The third-order valence-corrected chi connectivity index (χ3v) is 6.33. The van der Waals surface area contributed by atoms with Gasteiger partial charge in [0, 0.05) is 12.6 Å². The van der Waals surface area contributed by atoms with E-state index in [1.165, 1.54) is 0 Å². The van der Waals surface area contributed by atoms with Gasteiger partial charge in [0.1, 0.15) is 6.04 Å². The summed E-state index contributed by atoms with van der Waals surface area (Å²) in [5.41, 5.74) is 0.987. The van der Waals surface area contributed by atoms with Crippen LogP contribution in [0.15, 0.2) is 29.2 Å². The van der Waals surface area contributed by atoms with Gasteiger partial charge in [-0.25, -0.2) is 8.42 Å². The Bertz CT molecular complexity index is 662. The van der Waals surface area contributed by atoms with E-state index in [4.69, 9.17) is 0 Å². The third kappa shape index (κ3) is 7.08. The summed E-state index contributed by atoms with van der Waals surface area (Å²) in [6.07, 6.45) is 4.32. The molecule has 1 aliphatic rings. The Hall–Kier alpha value is -0.800. The van der Waals surface area contributed by atoms with E-state index in [9.17, 15) is 13.2 Å². The van der Waals surface area contributed by atoms with Crippen LogP contribution >= 0.6 is 24.2 Å². The molecule has 1 aromatic carbocycles. The first-order valence-electron chi connectivity index (χ1n) is 8.51. The molecule has 0 saturated carbocycles. The van der Waals surface area contributed by atoms with E-state index in [1.807, 2.05) is 13.2 Å². The molecule has 148 valence electrons. The molecular formula is C17H28ClN3O3S2. The van der Waals surface area contributed by atoms with Crippen LogP contribution in [0.4, 0.5) is 0 Å². The summed E-state index contributed by atoms with van der Waals surface area (Å²) in [5.74, 6) is 0.454. The number of hydrogen-bond acceptors (Lipinski definition) is 5. The van der Waals surface area contributed by atoms with Crippen LogP contribution in [-0.4, -0.2) is 51.5 Å². The lowest BCUT2D eigenvalue weighted by Crippen LogP contribution is -2.53. The zero-order valence-electron chi connectivity index (χ0n) is 15.2. The number of nitrogens with one attached hydrogen (secondary N) is 3. The summed E-state index contributed by atoms with van der Waals surface area (Å²) in [7, 11) is -3.73. The van der Waals surface area contributed by atoms with Crippen molar-refractivity contribution in [2.24, 2.45) is 0 Å². The van der Waals surface area contributed by atoms with Gasteiger partial charge in [0.25, 0.3) is 0 Å². The normalized spacial score (nSPS) is 18.6. The molecule has 1 fully saturated rings. The minimum atomic E-state index is -3.73. The Kier molecular flexibility index (Phi) is 9.95. The maximum absolute atomic E-state index is 12.6. The minimum absolute atomic E-state index is 0. The number of hydrogen-bond donors (Lipinski definition) is 3. The van der Waals surface area contributed by atoms with Crippen LogP contribution in [0.5, 0.6) is 0 Å². The van der Waals surface area contributed by atoms with Crippen LogP contribution in [-0.2, 0) is 14.8 Å². The molecule has 0 bridgehead atoms. The highest BCUT2D eigenvalue weighted by molar-refractivity contribution is 7.98. The number of piperidine rings is 1.